The fourth-order valence-electron chi connectivity index (χ4n) is 1.22. The zero-order valence-corrected chi connectivity index (χ0v) is 6.62. The zero-order valence-electron chi connectivity index (χ0n) is 6.62. The summed E-state index contributed by atoms with van der Waals surface area (Å²) in [5, 5.41) is 8.21. The molecule has 12 heavy (non-hydrogen) atoms. The standard InChI is InChI=1S/C10H9N2/c1-2-5-9-8-6-3-4-7-10(8)12-11-9/h2-7H,1H2,(H,11,12). The molecular weight excluding hydrogens is 148 g/mol. The third-order valence-electron chi connectivity index (χ3n) is 1.78. The van der Waals surface area contributed by atoms with E-state index in [1.165, 1.54) is 0 Å². The predicted octanol–water partition coefficient (Wildman–Crippen LogP) is 2.30. The van der Waals surface area contributed by atoms with Crippen LogP contribution >= 0.6 is 0 Å². The number of fused-ring (bicyclic) bond motifs is 1. The van der Waals surface area contributed by atoms with Crippen LogP contribution in [0.1, 0.15) is 5.69 Å². The Labute approximate surface area is 70.9 Å². The van der Waals surface area contributed by atoms with Crippen molar-refractivity contribution >= 4 is 10.9 Å². The summed E-state index contributed by atoms with van der Waals surface area (Å²) in [7, 11) is 0. The number of aromatic amines is 1. The van der Waals surface area contributed by atoms with E-state index < -0.39 is 0 Å². The average molecular weight is 157 g/mol. The number of aromatic nitrogens is 2. The molecule has 0 atom stereocenters. The van der Waals surface area contributed by atoms with E-state index in [1.807, 2.05) is 30.7 Å². The van der Waals surface area contributed by atoms with Crippen molar-refractivity contribution in [2.75, 3.05) is 0 Å². The Morgan fingerprint density at radius 2 is 2.17 bits per heavy atom. The van der Waals surface area contributed by atoms with Gasteiger partial charge in [-0.3, -0.25) is 5.10 Å². The Morgan fingerprint density at radius 1 is 1.33 bits per heavy atom. The van der Waals surface area contributed by atoms with Gasteiger partial charge in [0.2, 0.25) is 0 Å². The minimum Gasteiger partial charge on any atom is -0.278 e. The lowest BCUT2D eigenvalue weighted by Crippen LogP contribution is -1.77. The molecule has 0 aliphatic heterocycles. The molecule has 2 heteroatoms. The van der Waals surface area contributed by atoms with E-state index in [2.05, 4.69) is 16.8 Å². The van der Waals surface area contributed by atoms with Crippen LogP contribution in [0.25, 0.3) is 10.9 Å². The van der Waals surface area contributed by atoms with Crippen molar-refractivity contribution in [2.24, 2.45) is 0 Å². The molecule has 1 heterocycles. The van der Waals surface area contributed by atoms with Gasteiger partial charge in [0.25, 0.3) is 0 Å². The molecule has 1 aromatic carbocycles. The van der Waals surface area contributed by atoms with Crippen LogP contribution in [0.4, 0.5) is 0 Å². The van der Waals surface area contributed by atoms with E-state index in [-0.39, 0.29) is 0 Å². The Hall–Kier alpha value is -1.57. The Morgan fingerprint density at radius 3 is 3.00 bits per heavy atom. The largest absolute Gasteiger partial charge is 0.278 e. The first-order valence-corrected chi connectivity index (χ1v) is 3.80. The van der Waals surface area contributed by atoms with Crippen molar-refractivity contribution in [1.82, 2.24) is 10.2 Å². The van der Waals surface area contributed by atoms with Crippen molar-refractivity contribution in [3.05, 3.63) is 49.0 Å². The number of allylic oxidation sites excluding steroid dienone is 1. The Kier molecular flexibility index (Phi) is 1.67. The molecule has 59 valence electrons. The lowest BCUT2D eigenvalue weighted by Gasteiger charge is -1.88. The summed E-state index contributed by atoms with van der Waals surface area (Å²) < 4.78 is 0. The minimum absolute atomic E-state index is 0.945. The van der Waals surface area contributed by atoms with E-state index >= 15 is 0 Å². The van der Waals surface area contributed by atoms with E-state index in [1.54, 1.807) is 6.08 Å². The van der Waals surface area contributed by atoms with Crippen molar-refractivity contribution in [1.29, 1.82) is 0 Å². The molecule has 0 fully saturated rings. The third-order valence-corrected chi connectivity index (χ3v) is 1.78. The highest BCUT2D eigenvalue weighted by Crippen LogP contribution is 2.16. The maximum absolute atomic E-state index is 4.13. The number of hydrogen-bond donors (Lipinski definition) is 1. The zero-order chi connectivity index (χ0) is 8.39. The number of H-pyrrole nitrogens is 1. The van der Waals surface area contributed by atoms with Crippen LogP contribution in [-0.4, -0.2) is 10.2 Å². The molecule has 0 saturated heterocycles. The maximum atomic E-state index is 4.13. The maximum Gasteiger partial charge on any atom is 0.0779 e. The molecule has 1 aromatic heterocycles. The number of hydrogen-bond acceptors (Lipinski definition) is 1. The SMILES string of the molecule is C=C[CH]c1n[nH]c2ccccc12. The first-order valence-electron chi connectivity index (χ1n) is 3.80. The van der Waals surface area contributed by atoms with E-state index in [0.717, 1.165) is 16.6 Å². The molecule has 2 rings (SSSR count). The van der Waals surface area contributed by atoms with E-state index in [9.17, 15) is 0 Å². The van der Waals surface area contributed by atoms with Crippen LogP contribution < -0.4 is 0 Å². The highest BCUT2D eigenvalue weighted by Gasteiger charge is 2.01. The molecule has 1 radical (unpaired) electrons. The number of nitrogens with one attached hydrogen (secondary N) is 1. The van der Waals surface area contributed by atoms with E-state index in [0.29, 0.717) is 0 Å². The second-order valence-electron chi connectivity index (χ2n) is 2.56. The molecule has 0 bridgehead atoms. The smallest absolute Gasteiger partial charge is 0.0779 e. The minimum atomic E-state index is 0.945. The van der Waals surface area contributed by atoms with Gasteiger partial charge in [0.15, 0.2) is 0 Å². The number of benzene rings is 1. The molecule has 0 aliphatic rings. The van der Waals surface area contributed by atoms with Gasteiger partial charge in [-0.05, 0) is 6.07 Å². The van der Waals surface area contributed by atoms with Gasteiger partial charge in [0.1, 0.15) is 0 Å². The molecule has 0 amide bonds. The predicted molar refractivity (Wildman–Crippen MR) is 49.7 cm³/mol. The van der Waals surface area contributed by atoms with Crippen LogP contribution in [0.2, 0.25) is 0 Å². The molecule has 2 nitrogen and oxygen atoms in total. The van der Waals surface area contributed by atoms with E-state index in [4.69, 9.17) is 0 Å². The van der Waals surface area contributed by atoms with Gasteiger partial charge in [0, 0.05) is 11.8 Å². The van der Waals surface area contributed by atoms with Crippen LogP contribution in [-0.2, 0) is 0 Å². The lowest BCUT2D eigenvalue weighted by atomic mass is 10.2. The molecule has 0 saturated carbocycles. The summed E-state index contributed by atoms with van der Waals surface area (Å²) in [6, 6.07) is 8.02. The van der Waals surface area contributed by atoms with Gasteiger partial charge in [-0.2, -0.15) is 5.10 Å². The van der Waals surface area contributed by atoms with Crippen molar-refractivity contribution in [3.63, 3.8) is 0 Å². The number of rotatable bonds is 2. The first-order chi connectivity index (χ1) is 5.92. The average Bonchev–Trinajstić information content (AvgIpc) is 2.50. The van der Waals surface area contributed by atoms with Gasteiger partial charge in [-0.1, -0.05) is 24.3 Å². The summed E-state index contributed by atoms with van der Waals surface area (Å²) in [5.74, 6) is 0. The van der Waals surface area contributed by atoms with Gasteiger partial charge in [-0.25, -0.2) is 0 Å². The highest BCUT2D eigenvalue weighted by atomic mass is 15.1. The fraction of sp³-hybridized carbons (Fsp3) is 0. The van der Waals surface area contributed by atoms with Crippen LogP contribution in [0.5, 0.6) is 0 Å². The fourth-order valence-corrected chi connectivity index (χ4v) is 1.22. The Bertz CT molecular complexity index is 401. The summed E-state index contributed by atoms with van der Waals surface area (Å²) in [6.45, 7) is 3.63. The van der Waals surface area contributed by atoms with Gasteiger partial charge in [-0.15, -0.1) is 6.58 Å². The molecular formula is C10H9N2. The lowest BCUT2D eigenvalue weighted by molar-refractivity contribution is 1.08. The summed E-state index contributed by atoms with van der Waals surface area (Å²) in [5.41, 5.74) is 2.01. The third kappa shape index (κ3) is 1.01. The molecule has 0 aliphatic carbocycles. The number of nitrogens with zero attached hydrogens (tertiary/aromatic N) is 1. The number of para-hydroxylation sites is 1. The van der Waals surface area contributed by atoms with Crippen LogP contribution in [0, 0.1) is 6.42 Å². The molecule has 1 N–H and O–H groups in total. The van der Waals surface area contributed by atoms with Gasteiger partial charge in [0.05, 0.1) is 11.2 Å². The molecule has 2 aromatic rings. The second-order valence-corrected chi connectivity index (χ2v) is 2.56. The molecule has 0 spiro atoms. The van der Waals surface area contributed by atoms with Crippen LogP contribution in [0.3, 0.4) is 0 Å². The highest BCUT2D eigenvalue weighted by molar-refractivity contribution is 5.82. The summed E-state index contributed by atoms with van der Waals surface area (Å²) in [4.78, 5) is 0. The van der Waals surface area contributed by atoms with Gasteiger partial charge >= 0.3 is 0 Å². The van der Waals surface area contributed by atoms with Crippen molar-refractivity contribution < 1.29 is 0 Å². The van der Waals surface area contributed by atoms with Gasteiger partial charge < -0.3 is 0 Å². The summed E-state index contributed by atoms with van der Waals surface area (Å²) >= 11 is 0. The Balaban J connectivity index is 2.62. The van der Waals surface area contributed by atoms with Crippen molar-refractivity contribution in [2.45, 2.75) is 0 Å². The monoisotopic (exact) mass is 157 g/mol. The topological polar surface area (TPSA) is 28.7 Å². The normalized spacial score (nSPS) is 10.3. The quantitative estimate of drug-likeness (QED) is 0.711. The summed E-state index contributed by atoms with van der Waals surface area (Å²) in [6.07, 6.45) is 3.63. The molecule has 0 unspecified atom stereocenters. The first kappa shape index (κ1) is 7.10. The van der Waals surface area contributed by atoms with Crippen molar-refractivity contribution in [3.8, 4) is 0 Å². The van der Waals surface area contributed by atoms with Crippen LogP contribution in [0.15, 0.2) is 36.9 Å². The second kappa shape index (κ2) is 2.81.